The van der Waals surface area contributed by atoms with Crippen LogP contribution in [-0.4, -0.2) is 16.3 Å². The molecule has 2 rings (SSSR count). The van der Waals surface area contributed by atoms with Crippen LogP contribution in [0.25, 0.3) is 0 Å². The van der Waals surface area contributed by atoms with Gasteiger partial charge in [-0.25, -0.2) is 0 Å². The number of carbonyl (C=O) groups excluding carboxylic acids is 1. The minimum absolute atomic E-state index is 0.0413. The fourth-order valence-corrected chi connectivity index (χ4v) is 2.71. The molecule has 1 N–H and O–H groups in total. The molecule has 2 nitrogen and oxygen atoms in total. The summed E-state index contributed by atoms with van der Waals surface area (Å²) in [6.45, 7) is 2.27. The Morgan fingerprint density at radius 2 is 1.80 bits per heavy atom. The van der Waals surface area contributed by atoms with Gasteiger partial charge in [0.2, 0.25) is 5.91 Å². The molecule has 0 aromatic heterocycles. The first-order valence-electron chi connectivity index (χ1n) is 5.67. The molecule has 2 fully saturated rings. The summed E-state index contributed by atoms with van der Waals surface area (Å²) in [5.74, 6) is 0.666. The fraction of sp³-hybridized carbons (Fsp3) is 0.909. The summed E-state index contributed by atoms with van der Waals surface area (Å²) in [4.78, 5) is 11.7. The first-order valence-corrected chi connectivity index (χ1v) is 6.43. The zero-order valence-corrected chi connectivity index (χ0v) is 10.4. The molecule has 0 saturated heterocycles. The van der Waals surface area contributed by atoms with Crippen molar-refractivity contribution in [2.75, 3.05) is 0 Å². The number of rotatable bonds is 2. The molecule has 1 unspecified atom stereocenters. The molecule has 0 aromatic rings. The second-order valence-electron chi connectivity index (χ2n) is 4.98. The van der Waals surface area contributed by atoms with Gasteiger partial charge in [-0.1, -0.05) is 6.92 Å². The van der Waals surface area contributed by atoms with E-state index in [9.17, 15) is 4.79 Å². The van der Waals surface area contributed by atoms with Gasteiger partial charge in [-0.3, -0.25) is 4.79 Å². The van der Waals surface area contributed by atoms with Crippen LogP contribution in [0.5, 0.6) is 0 Å². The van der Waals surface area contributed by atoms with Gasteiger partial charge in [-0.15, -0.1) is 23.2 Å². The molecule has 0 aromatic carbocycles. The maximum Gasteiger partial charge on any atom is 0.226 e. The molecule has 2 aliphatic rings. The molecule has 2 saturated carbocycles. The number of halogens is 2. The fourth-order valence-electron chi connectivity index (χ4n) is 2.20. The monoisotopic (exact) mass is 249 g/mol. The average molecular weight is 250 g/mol. The van der Waals surface area contributed by atoms with Gasteiger partial charge < -0.3 is 5.32 Å². The van der Waals surface area contributed by atoms with E-state index in [2.05, 4.69) is 12.2 Å². The van der Waals surface area contributed by atoms with E-state index in [0.717, 1.165) is 18.8 Å². The first-order chi connectivity index (χ1) is 6.99. The molecule has 0 bridgehead atoms. The van der Waals surface area contributed by atoms with Crippen molar-refractivity contribution in [2.45, 2.75) is 49.4 Å². The van der Waals surface area contributed by atoms with Gasteiger partial charge in [-0.2, -0.15) is 0 Å². The van der Waals surface area contributed by atoms with Crippen molar-refractivity contribution in [3.63, 3.8) is 0 Å². The van der Waals surface area contributed by atoms with E-state index >= 15 is 0 Å². The van der Waals surface area contributed by atoms with E-state index in [4.69, 9.17) is 23.2 Å². The number of alkyl halides is 2. The van der Waals surface area contributed by atoms with E-state index < -0.39 is 4.33 Å². The average Bonchev–Trinajstić information content (AvgIpc) is 2.79. The Morgan fingerprint density at radius 3 is 2.27 bits per heavy atom. The summed E-state index contributed by atoms with van der Waals surface area (Å²) >= 11 is 11.7. The molecule has 2 aliphatic carbocycles. The topological polar surface area (TPSA) is 29.1 Å². The second kappa shape index (κ2) is 4.14. The SMILES string of the molecule is CC1CCC(NC(=O)C2CC2(Cl)Cl)CC1. The van der Waals surface area contributed by atoms with Crippen LogP contribution in [-0.2, 0) is 4.79 Å². The predicted octanol–water partition coefficient (Wildman–Crippen LogP) is 2.88. The molecular weight excluding hydrogens is 233 g/mol. The summed E-state index contributed by atoms with van der Waals surface area (Å²) < 4.78 is -0.786. The van der Waals surface area contributed by atoms with Crippen molar-refractivity contribution in [1.82, 2.24) is 5.32 Å². The Balaban J connectivity index is 1.76. The quantitative estimate of drug-likeness (QED) is 0.750. The number of carbonyl (C=O) groups is 1. The lowest BCUT2D eigenvalue weighted by Crippen LogP contribution is -2.38. The minimum atomic E-state index is -0.786. The van der Waals surface area contributed by atoms with Gasteiger partial charge in [0.1, 0.15) is 4.33 Å². The van der Waals surface area contributed by atoms with E-state index in [1.165, 1.54) is 12.8 Å². The predicted molar refractivity (Wildman–Crippen MR) is 62.1 cm³/mol. The summed E-state index contributed by atoms with van der Waals surface area (Å²) in [7, 11) is 0. The van der Waals surface area contributed by atoms with E-state index in [1.54, 1.807) is 0 Å². The van der Waals surface area contributed by atoms with Crippen molar-refractivity contribution in [2.24, 2.45) is 11.8 Å². The van der Waals surface area contributed by atoms with Crippen molar-refractivity contribution in [3.05, 3.63) is 0 Å². The van der Waals surface area contributed by atoms with Crippen LogP contribution in [0.15, 0.2) is 0 Å². The first kappa shape index (κ1) is 11.5. The molecule has 4 heteroatoms. The van der Waals surface area contributed by atoms with Crippen LogP contribution >= 0.6 is 23.2 Å². The Hall–Kier alpha value is 0.0500. The van der Waals surface area contributed by atoms with Crippen LogP contribution in [0.2, 0.25) is 0 Å². The third kappa shape index (κ3) is 2.79. The van der Waals surface area contributed by atoms with Crippen molar-refractivity contribution < 1.29 is 4.79 Å². The normalized spacial score (nSPS) is 38.5. The molecular formula is C11H17Cl2NO. The van der Waals surface area contributed by atoms with Gasteiger partial charge >= 0.3 is 0 Å². The number of hydrogen-bond acceptors (Lipinski definition) is 1. The summed E-state index contributed by atoms with van der Waals surface area (Å²) in [6, 6.07) is 0.346. The summed E-state index contributed by atoms with van der Waals surface area (Å²) in [5, 5.41) is 3.05. The largest absolute Gasteiger partial charge is 0.353 e. The zero-order chi connectivity index (χ0) is 11.1. The van der Waals surface area contributed by atoms with E-state index in [1.807, 2.05) is 0 Å². The molecule has 0 radical (unpaired) electrons. The Kier molecular flexibility index (Phi) is 3.18. The molecule has 86 valence electrons. The lowest BCUT2D eigenvalue weighted by molar-refractivity contribution is -0.123. The van der Waals surface area contributed by atoms with Crippen LogP contribution in [0.4, 0.5) is 0 Å². The van der Waals surface area contributed by atoms with E-state index in [-0.39, 0.29) is 11.8 Å². The van der Waals surface area contributed by atoms with Gasteiger partial charge in [0.15, 0.2) is 0 Å². The highest BCUT2D eigenvalue weighted by molar-refractivity contribution is 6.52. The highest BCUT2D eigenvalue weighted by Gasteiger charge is 2.56. The molecule has 1 atom stereocenters. The van der Waals surface area contributed by atoms with Crippen molar-refractivity contribution >= 4 is 29.1 Å². The van der Waals surface area contributed by atoms with Crippen LogP contribution in [0, 0.1) is 11.8 Å². The standard InChI is InChI=1S/C11H17Cl2NO/c1-7-2-4-8(5-3-7)14-10(15)9-6-11(9,12)13/h7-9H,2-6H2,1H3,(H,14,15). The highest BCUT2D eigenvalue weighted by Crippen LogP contribution is 2.53. The van der Waals surface area contributed by atoms with Gasteiger partial charge in [0, 0.05) is 6.04 Å². The number of nitrogens with one attached hydrogen (secondary N) is 1. The van der Waals surface area contributed by atoms with E-state index in [0.29, 0.717) is 12.5 Å². The maximum atomic E-state index is 11.7. The third-order valence-corrected chi connectivity index (χ3v) is 4.34. The van der Waals surface area contributed by atoms with Gasteiger partial charge in [-0.05, 0) is 38.0 Å². The van der Waals surface area contributed by atoms with Crippen LogP contribution in [0.1, 0.15) is 39.0 Å². The lowest BCUT2D eigenvalue weighted by atomic mass is 9.87. The Bertz CT molecular complexity index is 259. The molecule has 15 heavy (non-hydrogen) atoms. The van der Waals surface area contributed by atoms with Crippen molar-refractivity contribution in [3.8, 4) is 0 Å². The smallest absolute Gasteiger partial charge is 0.226 e. The number of hydrogen-bond donors (Lipinski definition) is 1. The zero-order valence-electron chi connectivity index (χ0n) is 8.93. The maximum absolute atomic E-state index is 11.7. The second-order valence-corrected chi connectivity index (χ2v) is 6.53. The molecule has 0 heterocycles. The van der Waals surface area contributed by atoms with Crippen LogP contribution in [0.3, 0.4) is 0 Å². The number of amides is 1. The van der Waals surface area contributed by atoms with Crippen molar-refractivity contribution in [1.29, 1.82) is 0 Å². The minimum Gasteiger partial charge on any atom is -0.353 e. The van der Waals surface area contributed by atoms with Crippen LogP contribution < -0.4 is 5.32 Å². The molecule has 0 aliphatic heterocycles. The van der Waals surface area contributed by atoms with Gasteiger partial charge in [0.05, 0.1) is 5.92 Å². The third-order valence-electron chi connectivity index (χ3n) is 3.50. The molecule has 0 spiro atoms. The summed E-state index contributed by atoms with van der Waals surface area (Å²) in [6.07, 6.45) is 5.21. The lowest BCUT2D eigenvalue weighted by Gasteiger charge is -2.27. The Morgan fingerprint density at radius 1 is 1.27 bits per heavy atom. The highest BCUT2D eigenvalue weighted by atomic mass is 35.5. The summed E-state index contributed by atoms with van der Waals surface area (Å²) in [5.41, 5.74) is 0. The Labute approximate surface area is 101 Å². The molecule has 1 amide bonds. The van der Waals surface area contributed by atoms with Gasteiger partial charge in [0.25, 0.3) is 0 Å².